The van der Waals surface area contributed by atoms with Crippen LogP contribution in [0.5, 0.6) is 0 Å². The Labute approximate surface area is 226 Å². The van der Waals surface area contributed by atoms with Crippen molar-refractivity contribution in [2.75, 3.05) is 25.0 Å². The number of nitrogens with one attached hydrogen (secondary N) is 3. The number of anilines is 1. The van der Waals surface area contributed by atoms with E-state index in [-0.39, 0.29) is 60.0 Å². The number of carbonyl (C=O) groups excluding carboxylic acids is 2. The number of aromatic nitrogens is 2. The first-order valence-electron chi connectivity index (χ1n) is 12.0. The Morgan fingerprint density at radius 2 is 1.97 bits per heavy atom. The van der Waals surface area contributed by atoms with E-state index in [4.69, 9.17) is 9.40 Å². The van der Waals surface area contributed by atoms with Crippen molar-refractivity contribution in [3.8, 4) is 0 Å². The predicted octanol–water partition coefficient (Wildman–Crippen LogP) is 3.79. The van der Waals surface area contributed by atoms with Gasteiger partial charge in [-0.15, -0.1) is 24.8 Å². The molecule has 0 spiro atoms. The van der Waals surface area contributed by atoms with Crippen LogP contribution in [0.4, 0.5) is 5.82 Å². The second-order valence-corrected chi connectivity index (χ2v) is 10.4. The Balaban J connectivity index is 0.00000324. The van der Waals surface area contributed by atoms with Gasteiger partial charge in [-0.2, -0.15) is 0 Å². The van der Waals surface area contributed by atoms with E-state index in [1.54, 1.807) is 12.5 Å². The van der Waals surface area contributed by atoms with Crippen LogP contribution in [0.15, 0.2) is 29.0 Å². The van der Waals surface area contributed by atoms with Crippen LogP contribution >= 0.6 is 24.8 Å². The van der Waals surface area contributed by atoms with Crippen LogP contribution in [-0.2, 0) is 16.8 Å². The highest BCUT2D eigenvalue weighted by atomic mass is 35.5. The highest BCUT2D eigenvalue weighted by molar-refractivity contribution is 5.98. The number of rotatable bonds is 8. The van der Waals surface area contributed by atoms with Crippen molar-refractivity contribution in [1.29, 1.82) is 0 Å². The van der Waals surface area contributed by atoms with Gasteiger partial charge in [-0.1, -0.05) is 34.6 Å². The number of amides is 2. The second kappa shape index (κ2) is 13.8. The van der Waals surface area contributed by atoms with Gasteiger partial charge >= 0.3 is 0 Å². The lowest BCUT2D eigenvalue weighted by molar-refractivity contribution is -0.119. The predicted molar refractivity (Wildman–Crippen MR) is 146 cm³/mol. The molecule has 2 amide bonds. The third kappa shape index (κ3) is 8.64. The van der Waals surface area contributed by atoms with Gasteiger partial charge in [0.2, 0.25) is 5.91 Å². The lowest BCUT2D eigenvalue weighted by Gasteiger charge is -2.39. The summed E-state index contributed by atoms with van der Waals surface area (Å²) in [7, 11) is 0. The Kier molecular flexibility index (Phi) is 12.2. The minimum absolute atomic E-state index is 0. The first-order chi connectivity index (χ1) is 16.0. The van der Waals surface area contributed by atoms with Gasteiger partial charge in [0.15, 0.2) is 0 Å². The molecule has 1 aliphatic rings. The fraction of sp³-hybridized carbons (Fsp3) is 0.600. The fourth-order valence-electron chi connectivity index (χ4n) is 4.12. The summed E-state index contributed by atoms with van der Waals surface area (Å²) in [5.74, 6) is 2.00. The molecule has 2 aromatic rings. The van der Waals surface area contributed by atoms with E-state index in [1.807, 2.05) is 37.8 Å². The van der Waals surface area contributed by atoms with Crippen LogP contribution in [0.3, 0.4) is 0 Å². The fourth-order valence-corrected chi connectivity index (χ4v) is 4.12. The molecule has 0 bridgehead atoms. The van der Waals surface area contributed by atoms with Crippen molar-refractivity contribution >= 4 is 42.4 Å². The zero-order chi connectivity index (χ0) is 24.9. The number of halogens is 2. The van der Waals surface area contributed by atoms with Crippen LogP contribution < -0.4 is 16.0 Å². The lowest BCUT2D eigenvalue weighted by Crippen LogP contribution is -2.57. The van der Waals surface area contributed by atoms with Gasteiger partial charge in [0.1, 0.15) is 23.0 Å². The molecule has 0 aliphatic carbocycles. The van der Waals surface area contributed by atoms with E-state index in [1.165, 1.54) is 6.92 Å². The van der Waals surface area contributed by atoms with Crippen molar-refractivity contribution < 1.29 is 14.0 Å². The summed E-state index contributed by atoms with van der Waals surface area (Å²) in [6.07, 6.45) is 3.95. The topological polar surface area (TPSA) is 112 Å². The maximum atomic E-state index is 13.9. The molecule has 0 saturated carbocycles. The molecule has 2 aromatic heterocycles. The van der Waals surface area contributed by atoms with Crippen molar-refractivity contribution in [2.45, 2.75) is 72.0 Å². The van der Waals surface area contributed by atoms with Crippen molar-refractivity contribution in [1.82, 2.24) is 25.5 Å². The minimum atomic E-state index is -0.265. The Bertz CT molecular complexity index is 979. The van der Waals surface area contributed by atoms with E-state index in [0.717, 1.165) is 5.76 Å². The molecule has 9 nitrogen and oxygen atoms in total. The van der Waals surface area contributed by atoms with Gasteiger partial charge in [-0.3, -0.25) is 9.59 Å². The SMILES string of the molecule is CC(=O)N[C@H]1CNC[C@@H](N(CC(C)C)C(=O)c2cnc(C(C)(C)C)nc2NCc2ccco2)C1.Cl.Cl. The molecule has 1 aliphatic heterocycles. The van der Waals surface area contributed by atoms with Crippen LogP contribution in [0, 0.1) is 5.92 Å². The Morgan fingerprint density at radius 3 is 2.56 bits per heavy atom. The number of carbonyl (C=O) groups is 2. The largest absolute Gasteiger partial charge is 0.467 e. The molecule has 0 aromatic carbocycles. The van der Waals surface area contributed by atoms with Gasteiger partial charge in [0.05, 0.1) is 12.8 Å². The summed E-state index contributed by atoms with van der Waals surface area (Å²) in [5, 5.41) is 9.64. The minimum Gasteiger partial charge on any atom is -0.467 e. The number of hydrogen-bond acceptors (Lipinski definition) is 7. The summed E-state index contributed by atoms with van der Waals surface area (Å²) < 4.78 is 5.45. The first kappa shape index (κ1) is 31.7. The summed E-state index contributed by atoms with van der Waals surface area (Å²) >= 11 is 0. The van der Waals surface area contributed by atoms with Crippen LogP contribution in [0.2, 0.25) is 0 Å². The average molecular weight is 544 g/mol. The summed E-state index contributed by atoms with van der Waals surface area (Å²) in [6, 6.07) is 3.63. The quantitative estimate of drug-likeness (QED) is 0.465. The van der Waals surface area contributed by atoms with Crippen LogP contribution in [0.25, 0.3) is 0 Å². The number of furan rings is 1. The maximum Gasteiger partial charge on any atom is 0.259 e. The second-order valence-electron chi connectivity index (χ2n) is 10.4. The maximum absolute atomic E-state index is 13.9. The van der Waals surface area contributed by atoms with E-state index < -0.39 is 0 Å². The molecule has 2 atom stereocenters. The molecule has 0 unspecified atom stereocenters. The molecular formula is C25H40Cl2N6O3. The Morgan fingerprint density at radius 1 is 1.25 bits per heavy atom. The monoisotopic (exact) mass is 542 g/mol. The molecule has 202 valence electrons. The molecule has 3 rings (SSSR count). The molecule has 1 fully saturated rings. The zero-order valence-corrected chi connectivity index (χ0v) is 23.6. The van der Waals surface area contributed by atoms with Crippen LogP contribution in [0.1, 0.15) is 69.9 Å². The molecule has 3 N–H and O–H groups in total. The molecular weight excluding hydrogens is 503 g/mol. The Hall–Kier alpha value is -2.36. The smallest absolute Gasteiger partial charge is 0.259 e. The summed E-state index contributed by atoms with van der Waals surface area (Å²) in [5.41, 5.74) is 0.168. The molecule has 1 saturated heterocycles. The van der Waals surface area contributed by atoms with E-state index in [2.05, 4.69) is 34.8 Å². The van der Waals surface area contributed by atoms with Crippen molar-refractivity contribution in [3.63, 3.8) is 0 Å². The summed E-state index contributed by atoms with van der Waals surface area (Å²) in [6.45, 7) is 14.2. The van der Waals surface area contributed by atoms with Gasteiger partial charge in [0.25, 0.3) is 5.91 Å². The van der Waals surface area contributed by atoms with Crippen LogP contribution in [-0.4, -0.2) is 58.4 Å². The highest BCUT2D eigenvalue weighted by Gasteiger charge is 2.33. The van der Waals surface area contributed by atoms with E-state index in [0.29, 0.717) is 49.8 Å². The number of piperidine rings is 1. The highest BCUT2D eigenvalue weighted by Crippen LogP contribution is 2.25. The van der Waals surface area contributed by atoms with Gasteiger partial charge < -0.3 is 25.3 Å². The van der Waals surface area contributed by atoms with Gasteiger partial charge in [-0.05, 0) is 24.5 Å². The third-order valence-electron chi connectivity index (χ3n) is 5.70. The normalized spacial score (nSPS) is 17.5. The van der Waals surface area contributed by atoms with Gasteiger partial charge in [-0.25, -0.2) is 9.97 Å². The molecule has 3 heterocycles. The number of nitrogens with zero attached hydrogens (tertiary/aromatic N) is 3. The van der Waals surface area contributed by atoms with Crippen molar-refractivity contribution in [2.24, 2.45) is 5.92 Å². The molecule has 36 heavy (non-hydrogen) atoms. The lowest BCUT2D eigenvalue weighted by atomic mass is 9.95. The standard InChI is InChI=1S/C25H38N6O3.2ClH/c1-16(2)15-31(19-10-18(11-26-12-19)29-17(3)32)23(33)21-14-28-24(25(4,5)6)30-22(21)27-13-20-8-7-9-34-20;;/h7-9,14,16,18-19,26H,10-13,15H2,1-6H3,(H,29,32)(H,27,28,30);2*1H/t18-,19+;;/m1../s1. The first-order valence-corrected chi connectivity index (χ1v) is 12.0. The average Bonchev–Trinajstić information content (AvgIpc) is 3.28. The van der Waals surface area contributed by atoms with Gasteiger partial charge in [0, 0.05) is 50.3 Å². The van der Waals surface area contributed by atoms with E-state index >= 15 is 0 Å². The third-order valence-corrected chi connectivity index (χ3v) is 5.70. The zero-order valence-electron chi connectivity index (χ0n) is 22.0. The summed E-state index contributed by atoms with van der Waals surface area (Å²) in [4.78, 5) is 36.7. The number of hydrogen-bond donors (Lipinski definition) is 3. The molecule has 0 radical (unpaired) electrons. The molecule has 11 heteroatoms. The van der Waals surface area contributed by atoms with E-state index in [9.17, 15) is 9.59 Å². The van der Waals surface area contributed by atoms with Crippen molar-refractivity contribution in [3.05, 3.63) is 41.7 Å².